The van der Waals surface area contributed by atoms with E-state index in [1.165, 1.54) is 38.5 Å². The van der Waals surface area contributed by atoms with Gasteiger partial charge in [0.15, 0.2) is 0 Å². The van der Waals surface area contributed by atoms with Crippen LogP contribution in [0.1, 0.15) is 51.9 Å². The van der Waals surface area contributed by atoms with E-state index in [-0.39, 0.29) is 5.91 Å². The van der Waals surface area contributed by atoms with E-state index in [9.17, 15) is 4.79 Å². The van der Waals surface area contributed by atoms with Crippen molar-refractivity contribution in [1.82, 2.24) is 5.32 Å². The van der Waals surface area contributed by atoms with Crippen LogP contribution in [0.15, 0.2) is 12.2 Å². The fourth-order valence-electron chi connectivity index (χ4n) is 2.41. The van der Waals surface area contributed by atoms with Crippen molar-refractivity contribution in [2.24, 2.45) is 5.92 Å². The zero-order chi connectivity index (χ0) is 13.2. The average molecular weight is 253 g/mol. The van der Waals surface area contributed by atoms with Gasteiger partial charge in [-0.25, -0.2) is 0 Å². The smallest absolute Gasteiger partial charge is 0.220 e. The SMILES string of the molecule is C=C(C)COCCNC(=O)CC1CCCCCC1. The molecule has 1 fully saturated rings. The molecule has 1 N–H and O–H groups in total. The highest BCUT2D eigenvalue weighted by Gasteiger charge is 2.15. The first-order chi connectivity index (χ1) is 8.68. The van der Waals surface area contributed by atoms with E-state index in [4.69, 9.17) is 4.74 Å². The van der Waals surface area contributed by atoms with Gasteiger partial charge in [-0.15, -0.1) is 0 Å². The van der Waals surface area contributed by atoms with Gasteiger partial charge in [0.25, 0.3) is 0 Å². The Labute approximate surface area is 111 Å². The number of ether oxygens (including phenoxy) is 1. The van der Waals surface area contributed by atoms with Crippen molar-refractivity contribution in [2.45, 2.75) is 51.9 Å². The Bertz CT molecular complexity index is 255. The van der Waals surface area contributed by atoms with Crippen molar-refractivity contribution in [3.05, 3.63) is 12.2 Å². The van der Waals surface area contributed by atoms with E-state index in [1.54, 1.807) is 0 Å². The normalized spacial score (nSPS) is 17.2. The molecule has 3 nitrogen and oxygen atoms in total. The first-order valence-electron chi connectivity index (χ1n) is 7.17. The van der Waals surface area contributed by atoms with Crippen LogP contribution in [0.4, 0.5) is 0 Å². The summed E-state index contributed by atoms with van der Waals surface area (Å²) in [5.41, 5.74) is 1.01. The monoisotopic (exact) mass is 253 g/mol. The van der Waals surface area contributed by atoms with Gasteiger partial charge in [0.05, 0.1) is 13.2 Å². The van der Waals surface area contributed by atoms with Crippen LogP contribution in [-0.2, 0) is 9.53 Å². The third kappa shape index (κ3) is 7.49. The summed E-state index contributed by atoms with van der Waals surface area (Å²) >= 11 is 0. The van der Waals surface area contributed by atoms with Crippen molar-refractivity contribution < 1.29 is 9.53 Å². The molecular formula is C15H27NO2. The maximum Gasteiger partial charge on any atom is 0.220 e. The lowest BCUT2D eigenvalue weighted by Gasteiger charge is -2.13. The number of rotatable bonds is 7. The molecule has 0 spiro atoms. The van der Waals surface area contributed by atoms with Gasteiger partial charge in [-0.1, -0.05) is 37.8 Å². The molecule has 1 saturated carbocycles. The minimum Gasteiger partial charge on any atom is -0.375 e. The molecule has 1 aliphatic rings. The highest BCUT2D eigenvalue weighted by Crippen LogP contribution is 2.25. The predicted octanol–water partition coefficient (Wildman–Crippen LogP) is 3.06. The minimum atomic E-state index is 0.181. The molecule has 0 aromatic carbocycles. The molecule has 0 aliphatic heterocycles. The molecule has 0 unspecified atom stereocenters. The van der Waals surface area contributed by atoms with Crippen LogP contribution in [0.2, 0.25) is 0 Å². The molecule has 0 heterocycles. The number of carbonyl (C=O) groups excluding carboxylic acids is 1. The van der Waals surface area contributed by atoms with Gasteiger partial charge >= 0.3 is 0 Å². The summed E-state index contributed by atoms with van der Waals surface area (Å²) in [6.45, 7) is 7.46. The molecule has 1 aliphatic carbocycles. The molecule has 0 atom stereocenters. The molecular weight excluding hydrogens is 226 g/mol. The number of amides is 1. The van der Waals surface area contributed by atoms with Crippen LogP contribution in [0.5, 0.6) is 0 Å². The molecule has 0 aromatic rings. The van der Waals surface area contributed by atoms with Gasteiger partial charge in [0.2, 0.25) is 5.91 Å². The summed E-state index contributed by atoms with van der Waals surface area (Å²) in [6.07, 6.45) is 8.40. The highest BCUT2D eigenvalue weighted by atomic mass is 16.5. The minimum absolute atomic E-state index is 0.181. The standard InChI is InChI=1S/C15H27NO2/c1-13(2)12-18-10-9-16-15(17)11-14-7-5-3-4-6-8-14/h14H,1,3-12H2,2H3,(H,16,17). The third-order valence-electron chi connectivity index (χ3n) is 3.37. The van der Waals surface area contributed by atoms with E-state index in [1.807, 2.05) is 6.92 Å². The third-order valence-corrected chi connectivity index (χ3v) is 3.37. The largest absolute Gasteiger partial charge is 0.375 e. The molecule has 1 rings (SSSR count). The molecule has 0 radical (unpaired) electrons. The van der Waals surface area contributed by atoms with Crippen LogP contribution in [-0.4, -0.2) is 25.7 Å². The maximum atomic E-state index is 11.7. The Morgan fingerprint density at radius 3 is 2.56 bits per heavy atom. The fourth-order valence-corrected chi connectivity index (χ4v) is 2.41. The molecule has 104 valence electrons. The number of hydrogen-bond donors (Lipinski definition) is 1. The van der Waals surface area contributed by atoms with E-state index >= 15 is 0 Å². The number of nitrogens with one attached hydrogen (secondary N) is 1. The number of hydrogen-bond acceptors (Lipinski definition) is 2. The summed E-state index contributed by atoms with van der Waals surface area (Å²) in [4.78, 5) is 11.7. The van der Waals surface area contributed by atoms with Gasteiger partial charge in [-0.2, -0.15) is 0 Å². The highest BCUT2D eigenvalue weighted by molar-refractivity contribution is 5.76. The van der Waals surface area contributed by atoms with Crippen LogP contribution >= 0.6 is 0 Å². The maximum absolute atomic E-state index is 11.7. The van der Waals surface area contributed by atoms with Crippen molar-refractivity contribution in [3.63, 3.8) is 0 Å². The Morgan fingerprint density at radius 1 is 1.28 bits per heavy atom. The van der Waals surface area contributed by atoms with Gasteiger partial charge in [-0.05, 0) is 25.7 Å². The second kappa shape index (κ2) is 9.15. The Morgan fingerprint density at radius 2 is 1.94 bits per heavy atom. The van der Waals surface area contributed by atoms with Crippen LogP contribution in [0.25, 0.3) is 0 Å². The van der Waals surface area contributed by atoms with Crippen molar-refractivity contribution in [1.29, 1.82) is 0 Å². The predicted molar refractivity (Wildman–Crippen MR) is 74.5 cm³/mol. The van der Waals surface area contributed by atoms with Crippen molar-refractivity contribution in [3.8, 4) is 0 Å². The molecule has 0 aromatic heterocycles. The van der Waals surface area contributed by atoms with E-state index in [0.29, 0.717) is 32.1 Å². The first kappa shape index (κ1) is 15.2. The second-order valence-electron chi connectivity index (χ2n) is 5.42. The van der Waals surface area contributed by atoms with Gasteiger partial charge in [-0.3, -0.25) is 4.79 Å². The van der Waals surface area contributed by atoms with Gasteiger partial charge in [0, 0.05) is 13.0 Å². The van der Waals surface area contributed by atoms with E-state index < -0.39 is 0 Å². The second-order valence-corrected chi connectivity index (χ2v) is 5.42. The lowest BCUT2D eigenvalue weighted by atomic mass is 9.96. The zero-order valence-electron chi connectivity index (χ0n) is 11.7. The van der Waals surface area contributed by atoms with Crippen LogP contribution < -0.4 is 5.32 Å². The zero-order valence-corrected chi connectivity index (χ0v) is 11.7. The van der Waals surface area contributed by atoms with Gasteiger partial charge in [0.1, 0.15) is 0 Å². The summed E-state index contributed by atoms with van der Waals surface area (Å²) < 4.78 is 5.34. The quantitative estimate of drug-likeness (QED) is 0.430. The number of carbonyl (C=O) groups is 1. The molecule has 3 heteroatoms. The Balaban J connectivity index is 2.03. The molecule has 1 amide bonds. The Kier molecular flexibility index (Phi) is 7.74. The first-order valence-corrected chi connectivity index (χ1v) is 7.17. The van der Waals surface area contributed by atoms with Crippen LogP contribution in [0, 0.1) is 5.92 Å². The molecule has 18 heavy (non-hydrogen) atoms. The van der Waals surface area contributed by atoms with E-state index in [2.05, 4.69) is 11.9 Å². The Hall–Kier alpha value is -0.830. The van der Waals surface area contributed by atoms with E-state index in [0.717, 1.165) is 5.57 Å². The summed E-state index contributed by atoms with van der Waals surface area (Å²) in [5, 5.41) is 2.93. The van der Waals surface area contributed by atoms with Gasteiger partial charge < -0.3 is 10.1 Å². The van der Waals surface area contributed by atoms with Crippen molar-refractivity contribution >= 4 is 5.91 Å². The molecule has 0 saturated heterocycles. The lowest BCUT2D eigenvalue weighted by Crippen LogP contribution is -2.29. The van der Waals surface area contributed by atoms with Crippen molar-refractivity contribution in [2.75, 3.05) is 19.8 Å². The molecule has 0 bridgehead atoms. The lowest BCUT2D eigenvalue weighted by molar-refractivity contribution is -0.122. The average Bonchev–Trinajstić information content (AvgIpc) is 2.56. The fraction of sp³-hybridized carbons (Fsp3) is 0.800. The topological polar surface area (TPSA) is 38.3 Å². The summed E-state index contributed by atoms with van der Waals surface area (Å²) in [6, 6.07) is 0. The van der Waals surface area contributed by atoms with Crippen LogP contribution in [0.3, 0.4) is 0 Å². The summed E-state index contributed by atoms with van der Waals surface area (Å²) in [5.74, 6) is 0.782. The summed E-state index contributed by atoms with van der Waals surface area (Å²) in [7, 11) is 0.